The molecule has 0 saturated carbocycles. The van der Waals surface area contributed by atoms with Crippen molar-refractivity contribution in [3.05, 3.63) is 25.5 Å². The number of hydrogen-bond acceptors (Lipinski definition) is 35. The summed E-state index contributed by atoms with van der Waals surface area (Å²) >= 11 is 0. The molecule has 0 aromatic rings. The third-order valence-corrected chi connectivity index (χ3v) is 22.6. The second-order valence-electron chi connectivity index (χ2n) is 46.3. The van der Waals surface area contributed by atoms with Crippen molar-refractivity contribution < 1.29 is 230 Å². The zero-order chi connectivity index (χ0) is 110. The number of cyclic esters (lactones) is 2. The third kappa shape index (κ3) is 72.5. The van der Waals surface area contributed by atoms with Gasteiger partial charge in [0, 0.05) is 86.4 Å². The number of carboxylic acids is 1. The monoisotopic (exact) mass is 2030 g/mol. The Hall–Kier alpha value is -5.77. The van der Waals surface area contributed by atoms with Crippen LogP contribution in [0.2, 0.25) is 0 Å². The molecule has 0 aromatic heterocycles. The molecule has 2 heterocycles. The second-order valence-corrected chi connectivity index (χ2v) is 46.3. The van der Waals surface area contributed by atoms with E-state index in [0.29, 0.717) is 38.5 Å². The van der Waals surface area contributed by atoms with E-state index in [1.807, 2.05) is 208 Å². The number of methoxy groups -OCH3 is 3. The Kier molecular flexibility index (Phi) is 76.1. The van der Waals surface area contributed by atoms with Crippen molar-refractivity contribution in [1.82, 2.24) is 0 Å². The Bertz CT molecular complexity index is 3430. The molecule has 2 saturated heterocycles. The van der Waals surface area contributed by atoms with Gasteiger partial charge in [-0.15, -0.1) is 0 Å². The van der Waals surface area contributed by atoms with E-state index < -0.39 is 184 Å². The first-order valence-electron chi connectivity index (χ1n) is 47.1. The van der Waals surface area contributed by atoms with Gasteiger partial charge in [-0.2, -0.15) is 0 Å². The Morgan fingerprint density at radius 1 is 0.350 bits per heavy atom. The van der Waals surface area contributed by atoms with Gasteiger partial charge in [0.15, 0.2) is 0 Å². The Labute approximate surface area is 883 Å². The number of carboxylic acid groups (broad SMARTS) is 1. The molecule has 0 spiro atoms. The van der Waals surface area contributed by atoms with Gasteiger partial charge in [-0.05, 0) is 138 Å². The quantitative estimate of drug-likeness (QED) is 0.00963. The summed E-state index contributed by atoms with van der Waals surface area (Å²) in [5.74, 6) is -8.96. The van der Waals surface area contributed by atoms with E-state index in [-0.39, 0.29) is 191 Å². The molecular formula is C103H188Na2O35. The van der Waals surface area contributed by atoms with Crippen LogP contribution in [-0.4, -0.2) is 244 Å². The standard InChI is InChI=1S/2C23H40O8.C16H32O5.2C16H30O4.2C4H6O2.CH4O.2Na.H2O/c2*1-14(24)29-18(13-20(23(7,8)9)31-16(3)26)11-17(21(27)28-10)12-19(22(4,5)6)30-15(2)25;1-15(2,3)12(18)8-10(14(20)21)7-11(17)9-13(19)16(4,5)6;2*1-15(2,3)12(18)9-11(17)7-10-8-13(16(4,5)6)20-14(10)19;1-3-4(5)6-2;1-3-6-4(2)5;1-2;;;/h2*17-20H,11-13H2,1-10H3;10-13,17-19H,7-9H2,1-6H3,(H,20,21);2*10-13,17-18H,7-9H2,1-6H3;2*3H,1H2,2H3;2H,1H3;;;1H2/q;;;;;;;;2*+1;/p-2. The van der Waals surface area contributed by atoms with E-state index in [2.05, 4.69) is 22.6 Å². The zero-order valence-electron chi connectivity index (χ0n) is 93.9. The van der Waals surface area contributed by atoms with Gasteiger partial charge in [0.25, 0.3) is 0 Å². The van der Waals surface area contributed by atoms with E-state index in [1.165, 1.54) is 69.8 Å². The second kappa shape index (κ2) is 70.1. The molecule has 0 bridgehead atoms. The average Bonchev–Trinajstić information content (AvgIpc) is 1.72. The number of aliphatic carboxylic acids is 1. The number of esters is 12. The van der Waals surface area contributed by atoms with E-state index in [0.717, 1.165) is 19.4 Å². The van der Waals surface area contributed by atoms with Crippen LogP contribution in [0, 0.1) is 83.7 Å². The summed E-state index contributed by atoms with van der Waals surface area (Å²) in [7, 11) is 4.87. The smallest absolute Gasteiger partial charge is 0.870 e. The fourth-order valence-corrected chi connectivity index (χ4v) is 13.5. The maximum atomic E-state index is 12.6. The SMILES string of the molecule is C=CC(=O)OC.C=COC(C)=O.CC(C)(C)C(O)CC(O)CC(CC(O)C(C)(C)C)C(=O)[O-].CC(C)(C)C(O)CC(O)CC1CC(C(C)(C)C)OC1=O.CC(C)(C)C(O)CC(O)CC1CC(C(C)(C)C)OC1=O.CO.COC(=O)C(CC(CC(OC(C)=O)C(C)(C)C)OC(C)=O)CC(OC(C)=O)C(C)(C)C.COC(=O)C(CC(CC(OC(C)=O)C(C)(C)C)OC(C)=O)CC(OC(C)=O)C(C)(C)C.[Na+].[Na+].[OH-]. The van der Waals surface area contributed by atoms with Crippen molar-refractivity contribution in [2.24, 2.45) is 83.7 Å². The van der Waals surface area contributed by atoms with E-state index in [1.54, 1.807) is 0 Å². The maximum absolute atomic E-state index is 12.6. The minimum atomic E-state index is -1.28. The van der Waals surface area contributed by atoms with Crippen LogP contribution in [0.4, 0.5) is 0 Å². The van der Waals surface area contributed by atoms with Crippen LogP contribution in [0.5, 0.6) is 0 Å². The average molecular weight is 2030 g/mol. The largest absolute Gasteiger partial charge is 1.00 e. The Morgan fingerprint density at radius 3 is 0.764 bits per heavy atom. The molecule has 0 radical (unpaired) electrons. The number of ether oxygens (including phenoxy) is 12. The first-order chi connectivity index (χ1) is 61.6. The van der Waals surface area contributed by atoms with Crippen LogP contribution >= 0.6 is 0 Å². The van der Waals surface area contributed by atoms with Crippen LogP contribution in [0.3, 0.4) is 0 Å². The molecule has 35 nitrogen and oxygen atoms in total. The third-order valence-electron chi connectivity index (χ3n) is 22.6. The van der Waals surface area contributed by atoms with Crippen molar-refractivity contribution in [3.63, 3.8) is 0 Å². The van der Waals surface area contributed by atoms with Gasteiger partial charge in [-0.3, -0.25) is 52.7 Å². The molecule has 812 valence electrons. The van der Waals surface area contributed by atoms with Crippen molar-refractivity contribution in [2.75, 3.05) is 28.4 Å². The minimum absolute atomic E-state index is 0. The fraction of sp³-hybridized carbons (Fsp3) is 0.835. The number of carbonyl (C=O) groups excluding carboxylic acids is 13. The molecule has 140 heavy (non-hydrogen) atoms. The fourth-order valence-electron chi connectivity index (χ4n) is 13.5. The number of carbonyl (C=O) groups is 13. The maximum Gasteiger partial charge on any atom is 1.00 e. The van der Waals surface area contributed by atoms with E-state index in [4.69, 9.17) is 52.5 Å². The topological polar surface area (TPSA) is 548 Å². The molecular weight excluding hydrogens is 1840 g/mol. The molecule has 20 unspecified atom stereocenters. The first-order valence-corrected chi connectivity index (χ1v) is 47.1. The van der Waals surface area contributed by atoms with Crippen molar-refractivity contribution in [3.8, 4) is 0 Å². The summed E-state index contributed by atoms with van der Waals surface area (Å²) in [6.45, 7) is 73.4. The minimum Gasteiger partial charge on any atom is -0.870 e. The summed E-state index contributed by atoms with van der Waals surface area (Å²) in [4.78, 5) is 149. The predicted molar refractivity (Wildman–Crippen MR) is 520 cm³/mol. The van der Waals surface area contributed by atoms with Gasteiger partial charge in [0.2, 0.25) is 0 Å². The molecule has 9 N–H and O–H groups in total. The van der Waals surface area contributed by atoms with Gasteiger partial charge in [0.1, 0.15) is 48.8 Å². The summed E-state index contributed by atoms with van der Waals surface area (Å²) in [6, 6.07) is 0. The van der Waals surface area contributed by atoms with Crippen LogP contribution < -0.4 is 64.2 Å². The number of rotatable bonds is 37. The van der Waals surface area contributed by atoms with E-state index in [9.17, 15) is 103 Å². The molecule has 0 aromatic carbocycles. The van der Waals surface area contributed by atoms with Crippen LogP contribution in [0.25, 0.3) is 0 Å². The summed E-state index contributed by atoms with van der Waals surface area (Å²) in [5.41, 5.74) is -3.10. The van der Waals surface area contributed by atoms with Crippen LogP contribution in [0.15, 0.2) is 25.5 Å². The Morgan fingerprint density at radius 2 is 0.593 bits per heavy atom. The number of aliphatic hydroxyl groups is 8. The van der Waals surface area contributed by atoms with Gasteiger partial charge in [0.05, 0.1) is 94.0 Å². The molecule has 2 aliphatic heterocycles. The summed E-state index contributed by atoms with van der Waals surface area (Å²) in [6.07, 6.45) is -2.47. The van der Waals surface area contributed by atoms with E-state index >= 15 is 0 Å². The van der Waals surface area contributed by atoms with Crippen molar-refractivity contribution >= 4 is 77.6 Å². The van der Waals surface area contributed by atoms with Crippen molar-refractivity contribution in [2.45, 2.75) is 444 Å². The number of hydrogen-bond donors (Lipinski definition) is 8. The molecule has 2 aliphatic rings. The van der Waals surface area contributed by atoms with Gasteiger partial charge < -0.3 is 113 Å². The molecule has 0 aliphatic carbocycles. The summed E-state index contributed by atoms with van der Waals surface area (Å²) < 4.78 is 61.9. The van der Waals surface area contributed by atoms with Gasteiger partial charge in [-0.25, -0.2) is 4.79 Å². The molecule has 0 amide bonds. The molecule has 20 atom stereocenters. The van der Waals surface area contributed by atoms with Crippen LogP contribution in [0.1, 0.15) is 352 Å². The predicted octanol–water partition coefficient (Wildman–Crippen LogP) is 7.87. The molecule has 2 rings (SSSR count). The zero-order valence-corrected chi connectivity index (χ0v) is 97.9. The van der Waals surface area contributed by atoms with Gasteiger partial charge in [-0.1, -0.05) is 221 Å². The first kappa shape index (κ1) is 152. The molecule has 2 fully saturated rings. The normalized spacial score (nSPS) is 18.3. The number of aliphatic hydroxyl groups excluding tert-OH is 8. The van der Waals surface area contributed by atoms with Crippen molar-refractivity contribution in [1.29, 1.82) is 0 Å². The van der Waals surface area contributed by atoms with Gasteiger partial charge >= 0.3 is 131 Å². The summed E-state index contributed by atoms with van der Waals surface area (Å²) in [5, 5.41) is 88.3. The van der Waals surface area contributed by atoms with Crippen LogP contribution in [-0.2, 0) is 119 Å². The molecule has 37 heteroatoms. The Balaban J connectivity index is -0.000000212.